The molecule has 124 valence electrons. The molecule has 1 aromatic carbocycles. The number of imidazole rings is 1. The van der Waals surface area contributed by atoms with Gasteiger partial charge in [0.1, 0.15) is 11.3 Å². The number of pyridine rings is 1. The van der Waals surface area contributed by atoms with Gasteiger partial charge in [0, 0.05) is 23.4 Å². The van der Waals surface area contributed by atoms with Crippen LogP contribution < -0.4 is 14.8 Å². The highest BCUT2D eigenvalue weighted by Gasteiger charge is 2.11. The van der Waals surface area contributed by atoms with Gasteiger partial charge in [-0.1, -0.05) is 6.07 Å². The molecule has 6 nitrogen and oxygen atoms in total. The van der Waals surface area contributed by atoms with E-state index >= 15 is 0 Å². The molecular weight excluding hydrogens is 374 g/mol. The van der Waals surface area contributed by atoms with Gasteiger partial charge in [0.25, 0.3) is 5.91 Å². The Kier molecular flexibility index (Phi) is 4.71. The van der Waals surface area contributed by atoms with Crippen molar-refractivity contribution in [3.8, 4) is 11.5 Å². The Bertz CT molecular complexity index is 892. The molecule has 0 atom stereocenters. The van der Waals surface area contributed by atoms with Crippen molar-refractivity contribution in [2.75, 3.05) is 14.2 Å². The Morgan fingerprint density at radius 1 is 1.17 bits per heavy atom. The summed E-state index contributed by atoms with van der Waals surface area (Å²) in [4.78, 5) is 16.6. The Labute approximate surface area is 147 Å². The molecule has 0 fully saturated rings. The second-order valence-electron chi connectivity index (χ2n) is 5.11. The molecule has 0 aliphatic carbocycles. The molecule has 1 N–H and O–H groups in total. The Hall–Kier alpha value is -2.54. The number of methoxy groups -OCH3 is 2. The molecule has 24 heavy (non-hydrogen) atoms. The number of aromatic nitrogens is 2. The lowest BCUT2D eigenvalue weighted by molar-refractivity contribution is 0.0946. The molecule has 3 aromatic rings. The minimum absolute atomic E-state index is 0.232. The highest BCUT2D eigenvalue weighted by atomic mass is 79.9. The predicted octanol–water partition coefficient (Wildman–Crippen LogP) is 3.04. The summed E-state index contributed by atoms with van der Waals surface area (Å²) < 4.78 is 13.2. The second-order valence-corrected chi connectivity index (χ2v) is 6.03. The van der Waals surface area contributed by atoms with Crippen molar-refractivity contribution < 1.29 is 14.3 Å². The van der Waals surface area contributed by atoms with Gasteiger partial charge in [-0.25, -0.2) is 4.98 Å². The average molecular weight is 390 g/mol. The van der Waals surface area contributed by atoms with Crippen LogP contribution in [0.1, 0.15) is 16.1 Å². The maximum absolute atomic E-state index is 12.3. The summed E-state index contributed by atoms with van der Waals surface area (Å²) in [5.41, 5.74) is 2.00. The topological polar surface area (TPSA) is 64.9 Å². The van der Waals surface area contributed by atoms with Crippen LogP contribution in [0.2, 0.25) is 0 Å². The smallest absolute Gasteiger partial charge is 0.271 e. The Balaban J connectivity index is 1.72. The van der Waals surface area contributed by atoms with E-state index in [-0.39, 0.29) is 5.91 Å². The van der Waals surface area contributed by atoms with Gasteiger partial charge < -0.3 is 19.2 Å². The highest BCUT2D eigenvalue weighted by molar-refractivity contribution is 9.10. The molecule has 0 saturated heterocycles. The van der Waals surface area contributed by atoms with Crippen LogP contribution in [0.4, 0.5) is 0 Å². The van der Waals surface area contributed by atoms with Gasteiger partial charge in [0.15, 0.2) is 11.5 Å². The van der Waals surface area contributed by atoms with Gasteiger partial charge in [0.2, 0.25) is 0 Å². The van der Waals surface area contributed by atoms with Crippen LogP contribution in [0.3, 0.4) is 0 Å². The van der Waals surface area contributed by atoms with Gasteiger partial charge >= 0.3 is 0 Å². The summed E-state index contributed by atoms with van der Waals surface area (Å²) in [7, 11) is 3.16. The first-order valence-corrected chi connectivity index (χ1v) is 8.03. The number of carbonyl (C=O) groups excluding carboxylic acids is 1. The van der Waals surface area contributed by atoms with Crippen LogP contribution >= 0.6 is 15.9 Å². The normalized spacial score (nSPS) is 10.6. The van der Waals surface area contributed by atoms with Gasteiger partial charge in [0.05, 0.1) is 14.2 Å². The number of nitrogens with zero attached hydrogens (tertiary/aromatic N) is 2. The molecule has 7 heteroatoms. The molecule has 0 saturated carbocycles. The van der Waals surface area contributed by atoms with Crippen molar-refractivity contribution in [2.24, 2.45) is 0 Å². The van der Waals surface area contributed by atoms with Gasteiger partial charge in [-0.05, 0) is 45.8 Å². The van der Waals surface area contributed by atoms with E-state index in [4.69, 9.17) is 9.47 Å². The summed E-state index contributed by atoms with van der Waals surface area (Å²) in [5, 5.41) is 2.86. The van der Waals surface area contributed by atoms with E-state index in [2.05, 4.69) is 26.2 Å². The maximum Gasteiger partial charge on any atom is 0.271 e. The molecule has 0 aliphatic rings. The summed E-state index contributed by atoms with van der Waals surface area (Å²) >= 11 is 3.39. The van der Waals surface area contributed by atoms with E-state index in [9.17, 15) is 4.79 Å². The van der Waals surface area contributed by atoms with Crippen LogP contribution in [-0.2, 0) is 6.54 Å². The molecular formula is C17H16BrN3O3. The van der Waals surface area contributed by atoms with Crippen molar-refractivity contribution in [3.05, 3.63) is 58.5 Å². The van der Waals surface area contributed by atoms with Crippen molar-refractivity contribution in [3.63, 3.8) is 0 Å². The van der Waals surface area contributed by atoms with Crippen LogP contribution in [0, 0.1) is 0 Å². The zero-order valence-corrected chi connectivity index (χ0v) is 14.8. The van der Waals surface area contributed by atoms with Crippen molar-refractivity contribution >= 4 is 27.5 Å². The van der Waals surface area contributed by atoms with Gasteiger partial charge in [-0.15, -0.1) is 0 Å². The number of ether oxygens (including phenoxy) is 2. The number of halogens is 1. The zero-order valence-electron chi connectivity index (χ0n) is 13.2. The summed E-state index contributed by atoms with van der Waals surface area (Å²) in [6.45, 7) is 0.372. The maximum atomic E-state index is 12.3. The third kappa shape index (κ3) is 3.35. The fourth-order valence-electron chi connectivity index (χ4n) is 2.34. The van der Waals surface area contributed by atoms with Gasteiger partial charge in [-0.2, -0.15) is 0 Å². The molecule has 2 aromatic heterocycles. The molecule has 2 heterocycles. The van der Waals surface area contributed by atoms with Crippen LogP contribution in [0.5, 0.6) is 11.5 Å². The second kappa shape index (κ2) is 6.92. The quantitative estimate of drug-likeness (QED) is 0.728. The third-order valence-electron chi connectivity index (χ3n) is 3.55. The first-order chi connectivity index (χ1) is 11.6. The lowest BCUT2D eigenvalue weighted by atomic mass is 10.2. The fraction of sp³-hybridized carbons (Fsp3) is 0.176. The van der Waals surface area contributed by atoms with E-state index in [1.165, 1.54) is 0 Å². The van der Waals surface area contributed by atoms with Crippen molar-refractivity contribution in [1.82, 2.24) is 14.7 Å². The molecule has 0 radical (unpaired) electrons. The number of fused-ring (bicyclic) bond motifs is 1. The summed E-state index contributed by atoms with van der Waals surface area (Å²) in [6, 6.07) is 9.24. The SMILES string of the molecule is COc1ccc(CNC(=O)c2cn3cc(Br)ccc3n2)cc1OC. The standard InChI is InChI=1S/C17H16BrN3O3/c1-23-14-5-3-11(7-15(14)24-2)8-19-17(22)13-10-21-9-12(18)4-6-16(21)20-13/h3-7,9-10H,8H2,1-2H3,(H,19,22). The third-order valence-corrected chi connectivity index (χ3v) is 4.02. The van der Waals surface area contributed by atoms with Crippen molar-refractivity contribution in [1.29, 1.82) is 0 Å². The number of carbonyl (C=O) groups is 1. The van der Waals surface area contributed by atoms with E-state index in [1.54, 1.807) is 24.8 Å². The summed E-state index contributed by atoms with van der Waals surface area (Å²) in [6.07, 6.45) is 3.55. The highest BCUT2D eigenvalue weighted by Crippen LogP contribution is 2.27. The van der Waals surface area contributed by atoms with E-state index < -0.39 is 0 Å². The first-order valence-electron chi connectivity index (χ1n) is 7.24. The minimum atomic E-state index is -0.232. The molecule has 0 spiro atoms. The minimum Gasteiger partial charge on any atom is -0.493 e. The first kappa shape index (κ1) is 16.3. The average Bonchev–Trinajstić information content (AvgIpc) is 3.02. The number of hydrogen-bond acceptors (Lipinski definition) is 4. The van der Waals surface area contributed by atoms with Crippen LogP contribution in [-0.4, -0.2) is 29.5 Å². The number of amides is 1. The number of hydrogen-bond donors (Lipinski definition) is 1. The van der Waals surface area contributed by atoms with Crippen LogP contribution in [0.25, 0.3) is 5.65 Å². The predicted molar refractivity (Wildman–Crippen MR) is 93.6 cm³/mol. The monoisotopic (exact) mass is 389 g/mol. The molecule has 1 amide bonds. The van der Waals surface area contributed by atoms with Gasteiger partial charge in [-0.3, -0.25) is 4.79 Å². The number of nitrogens with one attached hydrogen (secondary N) is 1. The number of benzene rings is 1. The Morgan fingerprint density at radius 2 is 1.96 bits per heavy atom. The lowest BCUT2D eigenvalue weighted by Crippen LogP contribution is -2.23. The lowest BCUT2D eigenvalue weighted by Gasteiger charge is -2.10. The Morgan fingerprint density at radius 3 is 2.71 bits per heavy atom. The zero-order chi connectivity index (χ0) is 17.1. The van der Waals surface area contributed by atoms with E-state index in [0.29, 0.717) is 23.7 Å². The molecule has 3 rings (SSSR count). The molecule has 0 aliphatic heterocycles. The number of rotatable bonds is 5. The fourth-order valence-corrected chi connectivity index (χ4v) is 2.69. The largest absolute Gasteiger partial charge is 0.493 e. The summed E-state index contributed by atoms with van der Waals surface area (Å²) in [5.74, 6) is 1.05. The van der Waals surface area contributed by atoms with E-state index in [0.717, 1.165) is 15.7 Å². The van der Waals surface area contributed by atoms with Crippen molar-refractivity contribution in [2.45, 2.75) is 6.54 Å². The molecule has 0 unspecified atom stereocenters. The van der Waals surface area contributed by atoms with E-state index in [1.807, 2.05) is 36.5 Å². The van der Waals surface area contributed by atoms with Crippen LogP contribution in [0.15, 0.2) is 47.2 Å². The molecule has 0 bridgehead atoms.